The monoisotopic (exact) mass is 446 g/mol. The van der Waals surface area contributed by atoms with Crippen molar-refractivity contribution in [1.29, 1.82) is 0 Å². The third-order valence-electron chi connectivity index (χ3n) is 7.23. The lowest BCUT2D eigenvalue weighted by molar-refractivity contribution is 0.170. The second-order valence-electron chi connectivity index (χ2n) is 9.85. The van der Waals surface area contributed by atoms with Crippen LogP contribution in [0.1, 0.15) is 69.2 Å². The lowest BCUT2D eigenvalue weighted by atomic mass is 9.87. The number of aryl methyl sites for hydroxylation is 1. The van der Waals surface area contributed by atoms with Crippen molar-refractivity contribution in [1.82, 2.24) is 29.5 Å². The number of H-pyrrole nitrogens is 1. The van der Waals surface area contributed by atoms with Gasteiger partial charge in [0.2, 0.25) is 0 Å². The van der Waals surface area contributed by atoms with Gasteiger partial charge in [0, 0.05) is 34.8 Å². The molecule has 4 aromatic rings. The minimum absolute atomic E-state index is 0.350. The maximum atomic E-state index is 5.62. The zero-order valence-corrected chi connectivity index (χ0v) is 20.5. The van der Waals surface area contributed by atoms with E-state index in [0.29, 0.717) is 23.6 Å². The number of fused-ring (bicyclic) bond motifs is 2. The Morgan fingerprint density at radius 1 is 1.12 bits per heavy atom. The molecule has 0 amide bonds. The van der Waals surface area contributed by atoms with E-state index in [0.717, 1.165) is 35.5 Å². The Morgan fingerprint density at radius 3 is 2.55 bits per heavy atom. The second kappa shape index (κ2) is 8.45. The molecule has 1 N–H and O–H groups in total. The molecule has 33 heavy (non-hydrogen) atoms. The van der Waals surface area contributed by atoms with Gasteiger partial charge in [0.1, 0.15) is 6.33 Å². The fourth-order valence-corrected chi connectivity index (χ4v) is 5.48. The number of aromatic amines is 1. The summed E-state index contributed by atoms with van der Waals surface area (Å²) in [5.74, 6) is 1.59. The first kappa shape index (κ1) is 21.9. The summed E-state index contributed by atoms with van der Waals surface area (Å²) >= 11 is 0. The Hall–Kier alpha value is -2.93. The summed E-state index contributed by atoms with van der Waals surface area (Å²) < 4.78 is 7.40. The molecule has 1 aliphatic rings. The van der Waals surface area contributed by atoms with Crippen molar-refractivity contribution in [2.24, 2.45) is 0 Å². The molecule has 0 saturated carbocycles. The van der Waals surface area contributed by atoms with Gasteiger partial charge in [-0.2, -0.15) is 5.10 Å². The van der Waals surface area contributed by atoms with E-state index in [1.165, 1.54) is 35.0 Å². The molecule has 0 atom stereocenters. The Balaban J connectivity index is 1.62. The van der Waals surface area contributed by atoms with Crippen LogP contribution < -0.4 is 4.74 Å². The standard InChI is InChI=1S/C26H34N6O/c1-15(2)22-23-17(5)24(18-7-9-31(10-8-18)16(3)4)27-12-20(23)30-25(22)19-11-21(33-6)26-28-14-29-32(26)13-19/h11-16,18,30H,7-10H2,1-6H3. The Bertz CT molecular complexity index is 1290. The molecule has 174 valence electrons. The first-order valence-corrected chi connectivity index (χ1v) is 12.0. The number of piperidine rings is 1. The normalized spacial score (nSPS) is 16.0. The van der Waals surface area contributed by atoms with Crippen LogP contribution >= 0.6 is 0 Å². The van der Waals surface area contributed by atoms with Gasteiger partial charge in [-0.05, 0) is 69.8 Å². The third-order valence-corrected chi connectivity index (χ3v) is 7.23. The molecule has 5 rings (SSSR count). The van der Waals surface area contributed by atoms with Crippen LogP contribution in [0.15, 0.2) is 24.8 Å². The maximum absolute atomic E-state index is 5.62. The van der Waals surface area contributed by atoms with Crippen molar-refractivity contribution in [2.75, 3.05) is 20.2 Å². The molecular weight excluding hydrogens is 412 g/mol. The number of methoxy groups -OCH3 is 1. The highest BCUT2D eigenvalue weighted by Crippen LogP contribution is 2.41. The largest absolute Gasteiger partial charge is 0.493 e. The highest BCUT2D eigenvalue weighted by atomic mass is 16.5. The lowest BCUT2D eigenvalue weighted by Crippen LogP contribution is -2.38. The Labute approximate surface area is 195 Å². The SMILES string of the molecule is COc1cc(-c2[nH]c3cnc(C4CCN(C(C)C)CC4)c(C)c3c2C(C)C)cn2ncnc12. The molecule has 4 aromatic heterocycles. The first-order chi connectivity index (χ1) is 15.9. The van der Waals surface area contributed by atoms with E-state index in [-0.39, 0.29) is 0 Å². The highest BCUT2D eigenvalue weighted by Gasteiger charge is 2.27. The van der Waals surface area contributed by atoms with Crippen molar-refractivity contribution < 1.29 is 4.74 Å². The molecule has 0 radical (unpaired) electrons. The van der Waals surface area contributed by atoms with E-state index in [4.69, 9.17) is 9.72 Å². The molecule has 0 bridgehead atoms. The molecular formula is C26H34N6O. The molecule has 1 fully saturated rings. The van der Waals surface area contributed by atoms with E-state index in [9.17, 15) is 0 Å². The van der Waals surface area contributed by atoms with Crippen LogP contribution in [0, 0.1) is 6.92 Å². The highest BCUT2D eigenvalue weighted by molar-refractivity contribution is 5.94. The number of nitrogens with one attached hydrogen (secondary N) is 1. The number of hydrogen-bond donors (Lipinski definition) is 1. The van der Waals surface area contributed by atoms with Gasteiger partial charge in [-0.15, -0.1) is 0 Å². The second-order valence-corrected chi connectivity index (χ2v) is 9.85. The summed E-state index contributed by atoms with van der Waals surface area (Å²) in [6.45, 7) is 13.7. The van der Waals surface area contributed by atoms with Gasteiger partial charge >= 0.3 is 0 Å². The van der Waals surface area contributed by atoms with Gasteiger partial charge in [0.15, 0.2) is 11.4 Å². The summed E-state index contributed by atoms with van der Waals surface area (Å²) in [5, 5.41) is 5.66. The Kier molecular flexibility index (Phi) is 5.60. The van der Waals surface area contributed by atoms with Gasteiger partial charge in [0.05, 0.1) is 24.5 Å². The number of likely N-dealkylation sites (tertiary alicyclic amines) is 1. The summed E-state index contributed by atoms with van der Waals surface area (Å²) in [6, 6.07) is 2.66. The molecule has 0 aliphatic carbocycles. The minimum Gasteiger partial charge on any atom is -0.493 e. The molecule has 1 aliphatic heterocycles. The molecule has 7 nitrogen and oxygen atoms in total. The van der Waals surface area contributed by atoms with Crippen molar-refractivity contribution in [2.45, 2.75) is 65.3 Å². The number of nitrogens with zero attached hydrogens (tertiary/aromatic N) is 5. The topological polar surface area (TPSA) is 71.3 Å². The zero-order chi connectivity index (χ0) is 23.3. The van der Waals surface area contributed by atoms with Crippen LogP contribution in [0.4, 0.5) is 0 Å². The van der Waals surface area contributed by atoms with Crippen molar-refractivity contribution in [3.8, 4) is 17.0 Å². The van der Waals surface area contributed by atoms with Crippen LogP contribution in [0.25, 0.3) is 27.8 Å². The van der Waals surface area contributed by atoms with Crippen molar-refractivity contribution in [3.05, 3.63) is 41.6 Å². The predicted molar refractivity (Wildman–Crippen MR) is 132 cm³/mol. The van der Waals surface area contributed by atoms with Gasteiger partial charge < -0.3 is 14.6 Å². The van der Waals surface area contributed by atoms with E-state index < -0.39 is 0 Å². The average molecular weight is 447 g/mol. The van der Waals surface area contributed by atoms with E-state index in [1.807, 2.05) is 18.5 Å². The van der Waals surface area contributed by atoms with Crippen LogP contribution in [-0.4, -0.2) is 55.7 Å². The predicted octanol–water partition coefficient (Wildman–Crippen LogP) is 5.30. The summed E-state index contributed by atoms with van der Waals surface area (Å²) in [6.07, 6.45) is 7.96. The van der Waals surface area contributed by atoms with Crippen molar-refractivity contribution in [3.63, 3.8) is 0 Å². The number of hydrogen-bond acceptors (Lipinski definition) is 5. The number of ether oxygens (including phenoxy) is 1. The van der Waals surface area contributed by atoms with Gasteiger partial charge in [-0.3, -0.25) is 4.98 Å². The Morgan fingerprint density at radius 2 is 1.88 bits per heavy atom. The van der Waals surface area contributed by atoms with Crippen molar-refractivity contribution >= 4 is 16.6 Å². The van der Waals surface area contributed by atoms with Gasteiger partial charge in [0.25, 0.3) is 0 Å². The summed E-state index contributed by atoms with van der Waals surface area (Å²) in [5.41, 5.74) is 7.86. The lowest BCUT2D eigenvalue weighted by Gasteiger charge is -2.34. The summed E-state index contributed by atoms with van der Waals surface area (Å²) in [4.78, 5) is 15.6. The number of pyridine rings is 2. The fraction of sp³-hybridized carbons (Fsp3) is 0.500. The first-order valence-electron chi connectivity index (χ1n) is 12.0. The molecule has 5 heterocycles. The summed E-state index contributed by atoms with van der Waals surface area (Å²) in [7, 11) is 1.67. The molecule has 0 aromatic carbocycles. The maximum Gasteiger partial charge on any atom is 0.197 e. The van der Waals surface area contributed by atoms with E-state index in [1.54, 1.807) is 18.0 Å². The molecule has 7 heteroatoms. The fourth-order valence-electron chi connectivity index (χ4n) is 5.48. The van der Waals surface area contributed by atoms with E-state index in [2.05, 4.69) is 54.6 Å². The molecule has 0 unspecified atom stereocenters. The molecule has 0 spiro atoms. The van der Waals surface area contributed by atoms with Crippen LogP contribution in [0.3, 0.4) is 0 Å². The van der Waals surface area contributed by atoms with Crippen LogP contribution in [0.5, 0.6) is 5.75 Å². The van der Waals surface area contributed by atoms with Crippen LogP contribution in [-0.2, 0) is 0 Å². The zero-order valence-electron chi connectivity index (χ0n) is 20.5. The smallest absolute Gasteiger partial charge is 0.197 e. The van der Waals surface area contributed by atoms with Gasteiger partial charge in [-0.1, -0.05) is 13.8 Å². The third kappa shape index (κ3) is 3.68. The quantitative estimate of drug-likeness (QED) is 0.450. The number of rotatable bonds is 5. The van der Waals surface area contributed by atoms with Crippen LogP contribution in [0.2, 0.25) is 0 Å². The van der Waals surface area contributed by atoms with E-state index >= 15 is 0 Å². The number of aromatic nitrogens is 5. The average Bonchev–Trinajstić information content (AvgIpc) is 3.44. The van der Waals surface area contributed by atoms with Gasteiger partial charge in [-0.25, -0.2) is 9.50 Å². The minimum atomic E-state index is 0.350. The molecule has 1 saturated heterocycles.